The van der Waals surface area contributed by atoms with Gasteiger partial charge in [0.1, 0.15) is 5.75 Å². The molecule has 0 aliphatic heterocycles. The van der Waals surface area contributed by atoms with E-state index in [1.54, 1.807) is 25.8 Å². The van der Waals surface area contributed by atoms with E-state index in [4.69, 9.17) is 16.2 Å². The summed E-state index contributed by atoms with van der Waals surface area (Å²) in [6, 6.07) is 7.79. The Kier molecular flexibility index (Phi) is 5.04. The maximum Gasteiger partial charge on any atom is 0.237 e. The first-order valence-electron chi connectivity index (χ1n) is 5.74. The Morgan fingerprint density at radius 3 is 2.78 bits per heavy atom. The van der Waals surface area contributed by atoms with Gasteiger partial charge in [-0.3, -0.25) is 4.79 Å². The molecule has 0 fully saturated rings. The van der Waals surface area contributed by atoms with Gasteiger partial charge in [0.05, 0.1) is 12.6 Å². The Balaban J connectivity index is 2.64. The van der Waals surface area contributed by atoms with E-state index in [0.717, 1.165) is 10.6 Å². The summed E-state index contributed by atoms with van der Waals surface area (Å²) in [4.78, 5) is 12.3. The van der Waals surface area contributed by atoms with Gasteiger partial charge in [-0.2, -0.15) is 0 Å². The molecule has 2 unspecified atom stereocenters. The van der Waals surface area contributed by atoms with Gasteiger partial charge in [0.15, 0.2) is 0 Å². The summed E-state index contributed by atoms with van der Waals surface area (Å²) < 4.78 is 5.16. The number of hydrogen-bond acceptors (Lipinski definition) is 4. The van der Waals surface area contributed by atoms with E-state index in [1.807, 2.05) is 31.2 Å². The summed E-state index contributed by atoms with van der Waals surface area (Å²) in [7, 11) is 1.64. The van der Waals surface area contributed by atoms with Gasteiger partial charge in [-0.05, 0) is 31.5 Å². The molecule has 5 heteroatoms. The first-order chi connectivity index (χ1) is 8.35. The molecule has 0 saturated heterocycles. The summed E-state index contributed by atoms with van der Waals surface area (Å²) in [5, 5.41) is 0.194. The molecule has 0 aliphatic carbocycles. The predicted molar refractivity (Wildman–Crippen MR) is 74.7 cm³/mol. The molecule has 100 valence electrons. The van der Waals surface area contributed by atoms with E-state index in [9.17, 15) is 4.79 Å². The summed E-state index contributed by atoms with van der Waals surface area (Å²) in [6.07, 6.45) is 0.532. The molecular formula is C13H20N2O2S. The number of benzene rings is 1. The van der Waals surface area contributed by atoms with Crippen LogP contribution in [0, 0.1) is 0 Å². The van der Waals surface area contributed by atoms with Crippen LogP contribution in [-0.4, -0.2) is 23.8 Å². The van der Waals surface area contributed by atoms with Crippen molar-refractivity contribution in [1.29, 1.82) is 0 Å². The molecule has 0 aromatic heterocycles. The Hall–Kier alpha value is -1.20. The summed E-state index contributed by atoms with van der Waals surface area (Å²) in [5.41, 5.74) is 10.2. The standard InChI is InChI=1S/C13H20N2O2S/c1-9(8-13(2,15)12(14)16)18-11-6-4-5-10(7-11)17-3/h4-7,9H,8,15H2,1-3H3,(H2,14,16). The zero-order valence-electron chi connectivity index (χ0n) is 11.0. The fourth-order valence-electron chi connectivity index (χ4n) is 1.65. The van der Waals surface area contributed by atoms with Crippen LogP contribution in [0.2, 0.25) is 0 Å². The second-order valence-corrected chi connectivity index (χ2v) is 6.11. The van der Waals surface area contributed by atoms with Gasteiger partial charge < -0.3 is 16.2 Å². The number of primary amides is 1. The van der Waals surface area contributed by atoms with Crippen molar-refractivity contribution in [2.24, 2.45) is 11.5 Å². The lowest BCUT2D eigenvalue weighted by atomic mass is 9.97. The highest BCUT2D eigenvalue weighted by atomic mass is 32.2. The van der Waals surface area contributed by atoms with Crippen LogP contribution in [0.1, 0.15) is 20.3 Å². The molecule has 0 saturated carbocycles. The zero-order chi connectivity index (χ0) is 13.8. The minimum Gasteiger partial charge on any atom is -0.497 e. The number of amides is 1. The molecule has 1 amide bonds. The highest BCUT2D eigenvalue weighted by molar-refractivity contribution is 8.00. The van der Waals surface area contributed by atoms with Crippen molar-refractivity contribution in [1.82, 2.24) is 0 Å². The van der Waals surface area contributed by atoms with Crippen LogP contribution < -0.4 is 16.2 Å². The van der Waals surface area contributed by atoms with E-state index in [0.29, 0.717) is 6.42 Å². The Morgan fingerprint density at radius 2 is 2.22 bits per heavy atom. The van der Waals surface area contributed by atoms with Gasteiger partial charge in [-0.15, -0.1) is 11.8 Å². The van der Waals surface area contributed by atoms with Gasteiger partial charge in [-0.1, -0.05) is 13.0 Å². The second kappa shape index (κ2) is 6.11. The smallest absolute Gasteiger partial charge is 0.237 e. The first-order valence-corrected chi connectivity index (χ1v) is 6.62. The molecule has 0 spiro atoms. The van der Waals surface area contributed by atoms with Crippen LogP contribution in [0.5, 0.6) is 5.75 Å². The van der Waals surface area contributed by atoms with E-state index in [-0.39, 0.29) is 5.25 Å². The largest absolute Gasteiger partial charge is 0.497 e. The summed E-state index contributed by atoms with van der Waals surface area (Å²) in [6.45, 7) is 3.69. The number of nitrogens with two attached hydrogens (primary N) is 2. The van der Waals surface area contributed by atoms with Gasteiger partial charge in [0.25, 0.3) is 0 Å². The fraction of sp³-hybridized carbons (Fsp3) is 0.462. The number of ether oxygens (including phenoxy) is 1. The first kappa shape index (κ1) is 14.9. The third-order valence-electron chi connectivity index (χ3n) is 2.65. The number of carbonyl (C=O) groups is 1. The van der Waals surface area contributed by atoms with Crippen molar-refractivity contribution in [3.8, 4) is 5.75 Å². The monoisotopic (exact) mass is 268 g/mol. The molecule has 0 bridgehead atoms. The van der Waals surface area contributed by atoms with Crippen molar-refractivity contribution < 1.29 is 9.53 Å². The van der Waals surface area contributed by atoms with E-state index < -0.39 is 11.4 Å². The quantitative estimate of drug-likeness (QED) is 0.771. The average Bonchev–Trinajstić information content (AvgIpc) is 2.28. The van der Waals surface area contributed by atoms with Crippen LogP contribution >= 0.6 is 11.8 Å². The molecule has 4 nitrogen and oxygen atoms in total. The van der Waals surface area contributed by atoms with E-state index in [1.165, 1.54) is 0 Å². The van der Waals surface area contributed by atoms with Crippen molar-refractivity contribution in [3.63, 3.8) is 0 Å². The minimum absolute atomic E-state index is 0.194. The van der Waals surface area contributed by atoms with Gasteiger partial charge in [0, 0.05) is 10.1 Å². The molecule has 4 N–H and O–H groups in total. The molecule has 2 atom stereocenters. The summed E-state index contributed by atoms with van der Waals surface area (Å²) in [5.74, 6) is 0.346. The van der Waals surface area contributed by atoms with Gasteiger partial charge >= 0.3 is 0 Å². The molecule has 0 aliphatic rings. The normalized spacial score (nSPS) is 15.8. The average molecular weight is 268 g/mol. The number of methoxy groups -OCH3 is 1. The summed E-state index contributed by atoms with van der Waals surface area (Å²) >= 11 is 1.65. The van der Waals surface area contributed by atoms with Crippen molar-refractivity contribution in [2.75, 3.05) is 7.11 Å². The Labute approximate surface area is 112 Å². The maximum atomic E-state index is 11.2. The fourth-order valence-corrected chi connectivity index (χ4v) is 2.88. The van der Waals surface area contributed by atoms with Crippen molar-refractivity contribution in [3.05, 3.63) is 24.3 Å². The van der Waals surface area contributed by atoms with Crippen LogP contribution in [0.3, 0.4) is 0 Å². The number of thioether (sulfide) groups is 1. The van der Waals surface area contributed by atoms with Crippen LogP contribution in [0.4, 0.5) is 0 Å². The SMILES string of the molecule is COc1cccc(SC(C)CC(C)(N)C(N)=O)c1. The van der Waals surface area contributed by atoms with Crippen LogP contribution in [-0.2, 0) is 4.79 Å². The Morgan fingerprint density at radius 1 is 1.56 bits per heavy atom. The lowest BCUT2D eigenvalue weighted by Gasteiger charge is -2.24. The highest BCUT2D eigenvalue weighted by Gasteiger charge is 2.28. The Bertz CT molecular complexity index is 421. The lowest BCUT2D eigenvalue weighted by Crippen LogP contribution is -2.50. The number of rotatable bonds is 6. The number of hydrogen-bond donors (Lipinski definition) is 2. The van der Waals surface area contributed by atoms with Gasteiger partial charge in [0.2, 0.25) is 5.91 Å². The maximum absolute atomic E-state index is 11.2. The molecule has 0 radical (unpaired) electrons. The minimum atomic E-state index is -0.967. The third-order valence-corrected chi connectivity index (χ3v) is 3.75. The van der Waals surface area contributed by atoms with Crippen molar-refractivity contribution >= 4 is 17.7 Å². The molecule has 1 aromatic rings. The van der Waals surface area contributed by atoms with E-state index in [2.05, 4.69) is 0 Å². The zero-order valence-corrected chi connectivity index (χ0v) is 11.8. The third kappa shape index (κ3) is 4.23. The number of carbonyl (C=O) groups excluding carboxylic acids is 1. The van der Waals surface area contributed by atoms with Crippen molar-refractivity contribution in [2.45, 2.75) is 36.0 Å². The topological polar surface area (TPSA) is 78.3 Å². The van der Waals surface area contributed by atoms with Gasteiger partial charge in [-0.25, -0.2) is 0 Å². The lowest BCUT2D eigenvalue weighted by molar-refractivity contribution is -0.122. The predicted octanol–water partition coefficient (Wildman–Crippen LogP) is 1.77. The molecule has 18 heavy (non-hydrogen) atoms. The molecule has 1 aromatic carbocycles. The highest BCUT2D eigenvalue weighted by Crippen LogP contribution is 2.30. The molecule has 0 heterocycles. The second-order valence-electron chi connectivity index (χ2n) is 4.59. The van der Waals surface area contributed by atoms with Crippen LogP contribution in [0.25, 0.3) is 0 Å². The molecule has 1 rings (SSSR count). The molecular weight excluding hydrogens is 248 g/mol. The van der Waals surface area contributed by atoms with E-state index >= 15 is 0 Å². The van der Waals surface area contributed by atoms with Crippen LogP contribution in [0.15, 0.2) is 29.2 Å².